The quantitative estimate of drug-likeness (QED) is 0.437. The van der Waals surface area contributed by atoms with E-state index in [1.54, 1.807) is 25.1 Å². The van der Waals surface area contributed by atoms with Crippen LogP contribution in [0.2, 0.25) is 0 Å². The Labute approximate surface area is 155 Å². The van der Waals surface area contributed by atoms with Gasteiger partial charge in [-0.3, -0.25) is 14.4 Å². The summed E-state index contributed by atoms with van der Waals surface area (Å²) >= 11 is 0. The number of morpholine rings is 1. The largest absolute Gasteiger partial charge is 0.454 e. The summed E-state index contributed by atoms with van der Waals surface area (Å²) in [5.41, 5.74) is 3.10. The number of benzene rings is 1. The maximum absolute atomic E-state index is 12.1. The molecule has 2 heterocycles. The minimum absolute atomic E-state index is 0.0412. The van der Waals surface area contributed by atoms with E-state index < -0.39 is 11.8 Å². The van der Waals surface area contributed by atoms with E-state index in [1.807, 2.05) is 0 Å². The van der Waals surface area contributed by atoms with Gasteiger partial charge in [0.2, 0.25) is 12.7 Å². The molecule has 1 aromatic carbocycles. The van der Waals surface area contributed by atoms with Crippen LogP contribution in [0.25, 0.3) is 0 Å². The highest BCUT2D eigenvalue weighted by molar-refractivity contribution is 6.35. The molecule has 0 unspecified atom stereocenters. The summed E-state index contributed by atoms with van der Waals surface area (Å²) in [6, 6.07) is 5.06. The molecule has 10 heteroatoms. The highest BCUT2D eigenvalue weighted by atomic mass is 16.7. The molecule has 0 radical (unpaired) electrons. The fourth-order valence-electron chi connectivity index (χ4n) is 2.56. The number of hydrazone groups is 1. The zero-order valence-corrected chi connectivity index (χ0v) is 14.8. The maximum atomic E-state index is 12.1. The normalized spacial score (nSPS) is 16.0. The number of ether oxygens (including phenoxy) is 3. The van der Waals surface area contributed by atoms with Crippen molar-refractivity contribution in [3.63, 3.8) is 0 Å². The zero-order chi connectivity index (χ0) is 19.2. The van der Waals surface area contributed by atoms with Crippen molar-refractivity contribution in [1.29, 1.82) is 0 Å². The molecule has 0 atom stereocenters. The number of carbonyl (C=O) groups is 3. The summed E-state index contributed by atoms with van der Waals surface area (Å²) in [6.45, 7) is 3.28. The Morgan fingerprint density at radius 1 is 1.15 bits per heavy atom. The number of anilines is 1. The summed E-state index contributed by atoms with van der Waals surface area (Å²) in [4.78, 5) is 37.3. The Balaban J connectivity index is 1.47. The molecule has 3 amide bonds. The van der Waals surface area contributed by atoms with Gasteiger partial charge in [-0.1, -0.05) is 0 Å². The lowest BCUT2D eigenvalue weighted by molar-refractivity contribution is -0.148. The smallest absolute Gasteiger partial charge is 0.329 e. The summed E-state index contributed by atoms with van der Waals surface area (Å²) < 4.78 is 15.6. The lowest BCUT2D eigenvalue weighted by Gasteiger charge is -2.25. The van der Waals surface area contributed by atoms with Crippen LogP contribution in [0.15, 0.2) is 23.3 Å². The Kier molecular flexibility index (Phi) is 5.87. The van der Waals surface area contributed by atoms with Crippen LogP contribution in [0.5, 0.6) is 11.5 Å². The SMILES string of the molecule is C/C(CC(=O)Nc1ccc2c(c1)OCO2)=N/NC(=O)C(=O)N1CCOCC1. The average molecular weight is 376 g/mol. The summed E-state index contributed by atoms with van der Waals surface area (Å²) in [5, 5.41) is 6.52. The standard InChI is InChI=1S/C17H20N4O6/c1-11(19-20-16(23)17(24)21-4-6-25-7-5-21)8-15(22)18-12-2-3-13-14(9-12)27-10-26-13/h2-3,9H,4-8,10H2,1H3,(H,18,22)(H,20,23)/b19-11-. The molecule has 10 nitrogen and oxygen atoms in total. The molecule has 27 heavy (non-hydrogen) atoms. The molecular formula is C17H20N4O6. The van der Waals surface area contributed by atoms with E-state index in [4.69, 9.17) is 14.2 Å². The number of carbonyl (C=O) groups excluding carboxylic acids is 3. The Morgan fingerprint density at radius 3 is 2.67 bits per heavy atom. The summed E-state index contributed by atoms with van der Waals surface area (Å²) in [5.74, 6) is -0.638. The fraction of sp³-hybridized carbons (Fsp3) is 0.412. The number of hydrogen-bond donors (Lipinski definition) is 2. The van der Waals surface area contributed by atoms with Gasteiger partial charge in [-0.15, -0.1) is 0 Å². The van der Waals surface area contributed by atoms with Crippen LogP contribution < -0.4 is 20.2 Å². The molecule has 1 aromatic rings. The predicted molar refractivity (Wildman–Crippen MR) is 94.5 cm³/mol. The third kappa shape index (κ3) is 4.94. The Morgan fingerprint density at radius 2 is 1.89 bits per heavy atom. The molecular weight excluding hydrogens is 356 g/mol. The van der Waals surface area contributed by atoms with Gasteiger partial charge in [-0.05, 0) is 19.1 Å². The van der Waals surface area contributed by atoms with E-state index in [0.717, 1.165) is 0 Å². The second-order valence-electron chi connectivity index (χ2n) is 5.99. The minimum Gasteiger partial charge on any atom is -0.454 e. The molecule has 0 aromatic heterocycles. The first-order valence-corrected chi connectivity index (χ1v) is 8.42. The van der Waals surface area contributed by atoms with Crippen molar-refractivity contribution in [3.8, 4) is 11.5 Å². The van der Waals surface area contributed by atoms with Gasteiger partial charge < -0.3 is 24.4 Å². The van der Waals surface area contributed by atoms with Crippen LogP contribution in [0, 0.1) is 0 Å². The first kappa shape index (κ1) is 18.6. The van der Waals surface area contributed by atoms with E-state index in [2.05, 4.69) is 15.8 Å². The molecule has 144 valence electrons. The number of nitrogens with zero attached hydrogens (tertiary/aromatic N) is 2. The molecule has 1 saturated heterocycles. The first-order chi connectivity index (χ1) is 13.0. The third-order valence-corrected chi connectivity index (χ3v) is 3.91. The summed E-state index contributed by atoms with van der Waals surface area (Å²) in [6.07, 6.45) is -0.0412. The molecule has 0 spiro atoms. The van der Waals surface area contributed by atoms with Gasteiger partial charge in [0.05, 0.1) is 19.6 Å². The lowest BCUT2D eigenvalue weighted by Crippen LogP contribution is -2.47. The minimum atomic E-state index is -0.840. The highest BCUT2D eigenvalue weighted by Gasteiger charge is 2.23. The van der Waals surface area contributed by atoms with Crippen molar-refractivity contribution >= 4 is 29.1 Å². The van der Waals surface area contributed by atoms with Crippen molar-refractivity contribution in [3.05, 3.63) is 18.2 Å². The topological polar surface area (TPSA) is 119 Å². The van der Waals surface area contributed by atoms with Crippen molar-refractivity contribution in [2.45, 2.75) is 13.3 Å². The van der Waals surface area contributed by atoms with E-state index in [1.165, 1.54) is 4.90 Å². The second kappa shape index (κ2) is 8.49. The lowest BCUT2D eigenvalue weighted by atomic mass is 10.2. The second-order valence-corrected chi connectivity index (χ2v) is 5.99. The Hall–Kier alpha value is -3.14. The number of rotatable bonds is 4. The van der Waals surface area contributed by atoms with Crippen LogP contribution in [0.3, 0.4) is 0 Å². The van der Waals surface area contributed by atoms with Gasteiger partial charge in [-0.25, -0.2) is 5.43 Å². The van der Waals surface area contributed by atoms with Crippen molar-refractivity contribution in [1.82, 2.24) is 10.3 Å². The first-order valence-electron chi connectivity index (χ1n) is 8.42. The zero-order valence-electron chi connectivity index (χ0n) is 14.8. The van der Waals surface area contributed by atoms with Crippen LogP contribution in [0.4, 0.5) is 5.69 Å². The molecule has 0 aliphatic carbocycles. The number of amides is 3. The highest BCUT2D eigenvalue weighted by Crippen LogP contribution is 2.34. The third-order valence-electron chi connectivity index (χ3n) is 3.91. The summed E-state index contributed by atoms with van der Waals surface area (Å²) in [7, 11) is 0. The predicted octanol–water partition coefficient (Wildman–Crippen LogP) is 0.0948. The van der Waals surface area contributed by atoms with Gasteiger partial charge in [0, 0.05) is 30.6 Å². The van der Waals surface area contributed by atoms with Crippen LogP contribution in [0.1, 0.15) is 13.3 Å². The fourth-order valence-corrected chi connectivity index (χ4v) is 2.56. The van der Waals surface area contributed by atoms with Crippen LogP contribution in [-0.2, 0) is 19.1 Å². The van der Waals surface area contributed by atoms with Crippen molar-refractivity contribution in [2.24, 2.45) is 5.10 Å². The number of fused-ring (bicyclic) bond motifs is 1. The molecule has 3 rings (SSSR count). The van der Waals surface area contributed by atoms with E-state index in [-0.39, 0.29) is 19.1 Å². The van der Waals surface area contributed by atoms with E-state index >= 15 is 0 Å². The molecule has 0 bridgehead atoms. The average Bonchev–Trinajstić information content (AvgIpc) is 3.14. The van der Waals surface area contributed by atoms with Gasteiger partial charge >= 0.3 is 11.8 Å². The number of hydrogen-bond acceptors (Lipinski definition) is 7. The molecule has 1 fully saturated rings. The van der Waals surface area contributed by atoms with E-state index in [9.17, 15) is 14.4 Å². The van der Waals surface area contributed by atoms with Crippen LogP contribution >= 0.6 is 0 Å². The van der Waals surface area contributed by atoms with Crippen molar-refractivity contribution < 1.29 is 28.6 Å². The van der Waals surface area contributed by atoms with Crippen LogP contribution in [-0.4, -0.2) is 61.4 Å². The van der Waals surface area contributed by atoms with E-state index in [0.29, 0.717) is 49.2 Å². The van der Waals surface area contributed by atoms with Gasteiger partial charge in [0.25, 0.3) is 0 Å². The molecule has 2 N–H and O–H groups in total. The Bertz CT molecular complexity index is 773. The number of nitrogens with one attached hydrogen (secondary N) is 2. The molecule has 0 saturated carbocycles. The van der Waals surface area contributed by atoms with Gasteiger partial charge in [0.1, 0.15) is 0 Å². The molecule has 2 aliphatic rings. The van der Waals surface area contributed by atoms with Crippen molar-refractivity contribution in [2.75, 3.05) is 38.4 Å². The monoisotopic (exact) mass is 376 g/mol. The maximum Gasteiger partial charge on any atom is 0.329 e. The molecule has 2 aliphatic heterocycles. The van der Waals surface area contributed by atoms with Gasteiger partial charge in [0.15, 0.2) is 11.5 Å². The van der Waals surface area contributed by atoms with Gasteiger partial charge in [-0.2, -0.15) is 5.10 Å².